The average molecular weight is 553 g/mol. The van der Waals surface area contributed by atoms with Gasteiger partial charge in [0.05, 0.1) is 35.3 Å². The van der Waals surface area contributed by atoms with Gasteiger partial charge in [-0.1, -0.05) is 23.2 Å². The molecule has 1 aliphatic carbocycles. The molecule has 1 spiro atoms. The minimum absolute atomic E-state index is 0.301. The number of aromatic nitrogens is 3. The van der Waals surface area contributed by atoms with Crippen molar-refractivity contribution in [1.29, 1.82) is 0 Å². The zero-order valence-electron chi connectivity index (χ0n) is 20.9. The van der Waals surface area contributed by atoms with Gasteiger partial charge in [-0.05, 0) is 49.2 Å². The summed E-state index contributed by atoms with van der Waals surface area (Å²) in [4.78, 5) is 20.1. The van der Waals surface area contributed by atoms with Crippen LogP contribution in [0.1, 0.15) is 23.3 Å². The molecule has 1 aliphatic heterocycles. The van der Waals surface area contributed by atoms with Gasteiger partial charge in [0.15, 0.2) is 5.65 Å². The van der Waals surface area contributed by atoms with Crippen molar-refractivity contribution in [2.45, 2.75) is 18.4 Å². The molecule has 196 valence electrons. The second kappa shape index (κ2) is 9.65. The molecule has 0 unspecified atom stereocenters. The number of ether oxygens (including phenoxy) is 2. The lowest BCUT2D eigenvalue weighted by atomic mass is 10.1. The maximum Gasteiger partial charge on any atom is 0.274 e. The number of nitrogens with zero attached hydrogens (tertiary/aromatic N) is 3. The molecule has 1 amide bonds. The van der Waals surface area contributed by atoms with Gasteiger partial charge in [-0.2, -0.15) is 5.10 Å². The number of rotatable bonds is 6. The maximum absolute atomic E-state index is 13.1. The number of pyridine rings is 1. The predicted octanol–water partition coefficient (Wildman–Crippen LogP) is 5.14. The molecule has 1 saturated heterocycles. The molecule has 2 fully saturated rings. The van der Waals surface area contributed by atoms with Crippen LogP contribution in [-0.4, -0.2) is 60.5 Å². The highest BCUT2D eigenvalue weighted by Crippen LogP contribution is 2.45. The van der Waals surface area contributed by atoms with Crippen LogP contribution in [0.3, 0.4) is 0 Å². The van der Waals surface area contributed by atoms with Crippen molar-refractivity contribution in [3.63, 3.8) is 0 Å². The van der Waals surface area contributed by atoms with E-state index in [2.05, 4.69) is 30.7 Å². The molecule has 0 radical (unpaired) electrons. The van der Waals surface area contributed by atoms with Gasteiger partial charge >= 0.3 is 0 Å². The number of piperazine rings is 1. The van der Waals surface area contributed by atoms with Crippen molar-refractivity contribution in [3.05, 3.63) is 58.2 Å². The Morgan fingerprint density at radius 1 is 1.05 bits per heavy atom. The van der Waals surface area contributed by atoms with Crippen LogP contribution in [0.15, 0.2) is 42.5 Å². The second-order valence-corrected chi connectivity index (χ2v) is 10.3. The quantitative estimate of drug-likeness (QED) is 0.304. The molecule has 0 bridgehead atoms. The first kappa shape index (κ1) is 24.8. The van der Waals surface area contributed by atoms with E-state index in [0.29, 0.717) is 60.8 Å². The summed E-state index contributed by atoms with van der Waals surface area (Å²) in [6.07, 6.45) is 2.47. The lowest BCUT2D eigenvalue weighted by Crippen LogP contribution is -2.52. The Balaban J connectivity index is 1.23. The minimum atomic E-state index is -0.312. The fourth-order valence-corrected chi connectivity index (χ4v) is 5.63. The van der Waals surface area contributed by atoms with Crippen LogP contribution in [0.4, 0.5) is 11.4 Å². The number of nitrogens with one attached hydrogen (secondary N) is 3. The number of anilines is 2. The van der Waals surface area contributed by atoms with Crippen LogP contribution in [0.2, 0.25) is 10.0 Å². The molecule has 9 nitrogen and oxygen atoms in total. The summed E-state index contributed by atoms with van der Waals surface area (Å²) in [6, 6.07) is 13.0. The van der Waals surface area contributed by atoms with Gasteiger partial charge in [0.25, 0.3) is 5.91 Å². The zero-order chi connectivity index (χ0) is 26.4. The van der Waals surface area contributed by atoms with Crippen molar-refractivity contribution in [2.75, 3.05) is 44.1 Å². The van der Waals surface area contributed by atoms with Crippen LogP contribution >= 0.6 is 23.2 Å². The molecule has 1 saturated carbocycles. The number of hydrogen-bond donors (Lipinski definition) is 3. The van der Waals surface area contributed by atoms with E-state index in [1.807, 2.05) is 24.3 Å². The highest BCUT2D eigenvalue weighted by molar-refractivity contribution is 6.41. The number of benzene rings is 2. The van der Waals surface area contributed by atoms with E-state index in [1.165, 1.54) is 27.1 Å². The molecule has 2 aliphatic rings. The number of amides is 1. The largest absolute Gasteiger partial charge is 0.495 e. The SMILES string of the molecule is COc1cc(OC)c(Cl)c(-c2ccc3c(C(=O)Nc4ccc(N5CCNC6(CC6)C5)cc4)[nH]nc3n2)c1Cl. The smallest absolute Gasteiger partial charge is 0.274 e. The molecule has 4 aromatic rings. The Morgan fingerprint density at radius 3 is 2.42 bits per heavy atom. The first-order valence-corrected chi connectivity index (χ1v) is 13.0. The Hall–Kier alpha value is -3.53. The van der Waals surface area contributed by atoms with E-state index < -0.39 is 0 Å². The number of carbonyl (C=O) groups excluding carboxylic acids is 1. The summed E-state index contributed by atoms with van der Waals surface area (Å²) >= 11 is 13.1. The van der Waals surface area contributed by atoms with Crippen LogP contribution in [0.25, 0.3) is 22.3 Å². The van der Waals surface area contributed by atoms with Crippen molar-refractivity contribution >= 4 is 51.5 Å². The standard InChI is InChI=1S/C27H26Cl2N6O3/c1-37-19-13-20(38-2)23(29)21(22(19)28)18-8-7-17-24(33-34-25(17)32-18)26(36)31-15-3-5-16(6-4-15)35-12-11-30-27(14-35)9-10-27/h3-8,13,30H,9-12,14H2,1-2H3,(H,31,36)(H,32,33,34). The first-order chi connectivity index (χ1) is 18.4. The molecule has 2 aromatic carbocycles. The number of halogens is 2. The third-order valence-corrected chi connectivity index (χ3v) is 7.94. The molecule has 2 aromatic heterocycles. The predicted molar refractivity (Wildman–Crippen MR) is 149 cm³/mol. The molecule has 3 N–H and O–H groups in total. The summed E-state index contributed by atoms with van der Waals surface area (Å²) in [5, 5.41) is 14.8. The molecule has 6 rings (SSSR count). The molecule has 3 heterocycles. The van der Waals surface area contributed by atoms with Crippen molar-refractivity contribution in [1.82, 2.24) is 20.5 Å². The average Bonchev–Trinajstić information content (AvgIpc) is 3.52. The lowest BCUT2D eigenvalue weighted by molar-refractivity contribution is 0.102. The molecule has 38 heavy (non-hydrogen) atoms. The second-order valence-electron chi connectivity index (χ2n) is 9.58. The maximum atomic E-state index is 13.1. The topological polar surface area (TPSA) is 104 Å². The summed E-state index contributed by atoms with van der Waals surface area (Å²) < 4.78 is 10.7. The van der Waals surface area contributed by atoms with Crippen LogP contribution < -0.4 is 25.0 Å². The van der Waals surface area contributed by atoms with Crippen LogP contribution in [0, 0.1) is 0 Å². The van der Waals surface area contributed by atoms with Crippen molar-refractivity contribution in [3.8, 4) is 22.8 Å². The number of hydrogen-bond acceptors (Lipinski definition) is 7. The van der Waals surface area contributed by atoms with E-state index in [9.17, 15) is 4.79 Å². The number of H-pyrrole nitrogens is 1. The Bertz CT molecular complexity index is 1510. The summed E-state index contributed by atoms with van der Waals surface area (Å²) in [7, 11) is 3.02. The van der Waals surface area contributed by atoms with Gasteiger partial charge in [-0.25, -0.2) is 4.98 Å². The van der Waals surface area contributed by atoms with Crippen molar-refractivity contribution < 1.29 is 14.3 Å². The number of fused-ring (bicyclic) bond motifs is 1. The third-order valence-electron chi connectivity index (χ3n) is 7.19. The minimum Gasteiger partial charge on any atom is -0.495 e. The highest BCUT2D eigenvalue weighted by Gasteiger charge is 2.45. The lowest BCUT2D eigenvalue weighted by Gasteiger charge is -2.35. The molecule has 11 heteroatoms. The fourth-order valence-electron chi connectivity index (χ4n) is 4.93. The van der Waals surface area contributed by atoms with E-state index >= 15 is 0 Å². The first-order valence-electron chi connectivity index (χ1n) is 12.3. The molecular weight excluding hydrogens is 527 g/mol. The Kier molecular flexibility index (Phi) is 6.29. The van der Waals surface area contributed by atoms with E-state index in [1.54, 1.807) is 18.2 Å². The van der Waals surface area contributed by atoms with Crippen LogP contribution in [0.5, 0.6) is 11.5 Å². The number of methoxy groups -OCH3 is 2. The zero-order valence-corrected chi connectivity index (χ0v) is 22.4. The summed E-state index contributed by atoms with van der Waals surface area (Å²) in [5.74, 6) is 0.497. The summed E-state index contributed by atoms with van der Waals surface area (Å²) in [5.41, 5.74) is 3.74. The Morgan fingerprint density at radius 2 is 1.76 bits per heavy atom. The van der Waals surface area contributed by atoms with Crippen LogP contribution in [-0.2, 0) is 0 Å². The van der Waals surface area contributed by atoms with Crippen molar-refractivity contribution in [2.24, 2.45) is 0 Å². The van der Waals surface area contributed by atoms with Gasteiger partial charge < -0.3 is 25.0 Å². The fraction of sp³-hybridized carbons (Fsp3) is 0.296. The summed E-state index contributed by atoms with van der Waals surface area (Å²) in [6.45, 7) is 2.99. The van der Waals surface area contributed by atoms with E-state index in [4.69, 9.17) is 32.7 Å². The number of aromatic amines is 1. The highest BCUT2D eigenvalue weighted by atomic mass is 35.5. The van der Waals surface area contributed by atoms with E-state index in [-0.39, 0.29) is 5.91 Å². The van der Waals surface area contributed by atoms with E-state index in [0.717, 1.165) is 25.3 Å². The molecule has 0 atom stereocenters. The molecular formula is C27H26Cl2N6O3. The monoisotopic (exact) mass is 552 g/mol. The Labute approximate surface area is 229 Å². The van der Waals surface area contributed by atoms with Gasteiger partial charge in [0.1, 0.15) is 17.2 Å². The number of carbonyl (C=O) groups is 1. The normalized spacial score (nSPS) is 16.1. The van der Waals surface area contributed by atoms with Gasteiger partial charge in [-0.3, -0.25) is 9.89 Å². The van der Waals surface area contributed by atoms with Gasteiger partial charge in [0.2, 0.25) is 0 Å². The van der Waals surface area contributed by atoms with Gasteiger partial charge in [-0.15, -0.1) is 0 Å². The third kappa shape index (κ3) is 4.40. The van der Waals surface area contributed by atoms with Gasteiger partial charge in [0, 0.05) is 48.2 Å².